The maximum Gasteiger partial charge on any atom is 0.192 e. The van der Waals surface area contributed by atoms with Crippen LogP contribution in [-0.2, 0) is 6.54 Å². The Bertz CT molecular complexity index is 841. The van der Waals surface area contributed by atoms with Crippen molar-refractivity contribution in [1.82, 2.24) is 14.8 Å². The lowest BCUT2D eigenvalue weighted by atomic mass is 10.2. The molecule has 2 heterocycles. The van der Waals surface area contributed by atoms with Crippen molar-refractivity contribution in [2.45, 2.75) is 11.7 Å². The van der Waals surface area contributed by atoms with Crippen molar-refractivity contribution in [2.75, 3.05) is 5.75 Å². The van der Waals surface area contributed by atoms with Gasteiger partial charge in [0.15, 0.2) is 16.8 Å². The second kappa shape index (κ2) is 7.55. The summed E-state index contributed by atoms with van der Waals surface area (Å²) in [6, 6.07) is 9.75. The maximum atomic E-state index is 13.1. The van der Waals surface area contributed by atoms with Gasteiger partial charge in [0, 0.05) is 12.1 Å². The van der Waals surface area contributed by atoms with Crippen molar-refractivity contribution < 1.29 is 9.18 Å². The number of benzene rings is 1. The number of hydrogen-bond acceptors (Lipinski definition) is 5. The van der Waals surface area contributed by atoms with Gasteiger partial charge in [-0.3, -0.25) is 9.36 Å². The monoisotopic (exact) mass is 359 g/mol. The molecular weight excluding hydrogens is 345 g/mol. The van der Waals surface area contributed by atoms with Crippen molar-refractivity contribution in [3.63, 3.8) is 0 Å². The lowest BCUT2D eigenvalue weighted by Gasteiger charge is -2.07. The Kier molecular flexibility index (Phi) is 5.22. The Morgan fingerprint density at radius 1 is 1.29 bits per heavy atom. The van der Waals surface area contributed by atoms with Crippen LogP contribution in [0.2, 0.25) is 0 Å². The van der Waals surface area contributed by atoms with Crippen LogP contribution >= 0.6 is 23.1 Å². The number of nitrogens with zero attached hydrogens (tertiary/aromatic N) is 3. The second-order valence-corrected chi connectivity index (χ2v) is 6.79. The summed E-state index contributed by atoms with van der Waals surface area (Å²) in [5, 5.41) is 10.9. The van der Waals surface area contributed by atoms with Gasteiger partial charge in [-0.25, -0.2) is 4.39 Å². The lowest BCUT2D eigenvalue weighted by Crippen LogP contribution is -2.04. The normalized spacial score (nSPS) is 10.7. The van der Waals surface area contributed by atoms with Gasteiger partial charge in [0.2, 0.25) is 0 Å². The SMILES string of the molecule is C=CCn1c(SCC(=O)c2cccs2)nnc1-c1ccc(F)cc1. The number of ketones is 1. The van der Waals surface area contributed by atoms with Gasteiger partial charge in [0.25, 0.3) is 0 Å². The topological polar surface area (TPSA) is 47.8 Å². The van der Waals surface area contributed by atoms with Gasteiger partial charge in [-0.15, -0.1) is 28.1 Å². The van der Waals surface area contributed by atoms with Crippen molar-refractivity contribution in [1.29, 1.82) is 0 Å². The molecule has 0 spiro atoms. The lowest BCUT2D eigenvalue weighted by molar-refractivity contribution is 0.102. The van der Waals surface area contributed by atoms with Crippen molar-refractivity contribution in [3.8, 4) is 11.4 Å². The largest absolute Gasteiger partial charge is 0.298 e. The third kappa shape index (κ3) is 3.63. The molecule has 0 aliphatic rings. The van der Waals surface area contributed by atoms with Crippen LogP contribution in [-0.4, -0.2) is 26.3 Å². The van der Waals surface area contributed by atoms with E-state index in [0.717, 1.165) is 10.4 Å². The molecule has 0 aliphatic carbocycles. The number of hydrogen-bond donors (Lipinski definition) is 0. The zero-order valence-corrected chi connectivity index (χ0v) is 14.3. The summed E-state index contributed by atoms with van der Waals surface area (Å²) in [5.41, 5.74) is 0.766. The number of carbonyl (C=O) groups excluding carboxylic acids is 1. The highest BCUT2D eigenvalue weighted by Crippen LogP contribution is 2.25. The van der Waals surface area contributed by atoms with E-state index in [9.17, 15) is 9.18 Å². The quantitative estimate of drug-likeness (QED) is 0.358. The highest BCUT2D eigenvalue weighted by Gasteiger charge is 2.16. The van der Waals surface area contributed by atoms with Crippen LogP contribution in [0, 0.1) is 5.82 Å². The number of allylic oxidation sites excluding steroid dienone is 1. The van der Waals surface area contributed by atoms with E-state index in [1.807, 2.05) is 22.1 Å². The van der Waals surface area contributed by atoms with E-state index < -0.39 is 0 Å². The summed E-state index contributed by atoms with van der Waals surface area (Å²) >= 11 is 2.76. The molecule has 24 heavy (non-hydrogen) atoms. The zero-order valence-electron chi connectivity index (χ0n) is 12.7. The van der Waals surface area contributed by atoms with E-state index in [2.05, 4.69) is 16.8 Å². The van der Waals surface area contributed by atoms with Gasteiger partial charge in [-0.2, -0.15) is 0 Å². The molecule has 122 valence electrons. The molecule has 4 nitrogen and oxygen atoms in total. The van der Waals surface area contributed by atoms with Gasteiger partial charge in [0.05, 0.1) is 10.6 Å². The fraction of sp³-hybridized carbons (Fsp3) is 0.118. The summed E-state index contributed by atoms with van der Waals surface area (Å²) in [7, 11) is 0. The summed E-state index contributed by atoms with van der Waals surface area (Å²) in [4.78, 5) is 12.9. The van der Waals surface area contributed by atoms with E-state index in [4.69, 9.17) is 0 Å². The van der Waals surface area contributed by atoms with Crippen LogP contribution < -0.4 is 0 Å². The summed E-state index contributed by atoms with van der Waals surface area (Å²) in [5.74, 6) is 0.677. The van der Waals surface area contributed by atoms with Crippen molar-refractivity contribution in [3.05, 3.63) is 65.1 Å². The molecule has 0 aliphatic heterocycles. The third-order valence-corrected chi connectivity index (χ3v) is 5.14. The molecule has 3 rings (SSSR count). The van der Waals surface area contributed by atoms with E-state index >= 15 is 0 Å². The molecule has 0 radical (unpaired) electrons. The predicted octanol–water partition coefficient (Wildman–Crippen LogP) is 4.31. The van der Waals surface area contributed by atoms with Gasteiger partial charge in [-0.05, 0) is 35.7 Å². The van der Waals surface area contributed by atoms with Gasteiger partial charge in [-0.1, -0.05) is 23.9 Å². The van der Waals surface area contributed by atoms with Gasteiger partial charge in [0.1, 0.15) is 5.82 Å². The summed E-state index contributed by atoms with van der Waals surface area (Å²) in [6.07, 6.45) is 1.74. The predicted molar refractivity (Wildman–Crippen MR) is 95.0 cm³/mol. The Labute approximate surface area is 147 Å². The van der Waals surface area contributed by atoms with Crippen LogP contribution in [0.3, 0.4) is 0 Å². The molecule has 0 bridgehead atoms. The summed E-state index contributed by atoms with van der Waals surface area (Å²) < 4.78 is 15.0. The minimum absolute atomic E-state index is 0.0616. The first-order valence-corrected chi connectivity index (χ1v) is 9.05. The minimum Gasteiger partial charge on any atom is -0.298 e. The Balaban J connectivity index is 1.82. The molecule has 0 saturated carbocycles. The van der Waals surface area contributed by atoms with Crippen LogP contribution in [0.4, 0.5) is 4.39 Å². The average molecular weight is 359 g/mol. The number of halogens is 1. The Morgan fingerprint density at radius 2 is 2.08 bits per heavy atom. The smallest absolute Gasteiger partial charge is 0.192 e. The number of aromatic nitrogens is 3. The molecule has 0 amide bonds. The Hall–Kier alpha value is -2.25. The number of thioether (sulfide) groups is 1. The van der Waals surface area contributed by atoms with E-state index in [1.165, 1.54) is 35.2 Å². The molecule has 0 N–H and O–H groups in total. The highest BCUT2D eigenvalue weighted by molar-refractivity contribution is 7.99. The molecule has 0 unspecified atom stereocenters. The highest BCUT2D eigenvalue weighted by atomic mass is 32.2. The number of Topliss-reactive ketones (excluding diaryl/α,β-unsaturated/α-hetero) is 1. The standard InChI is InChI=1S/C17H14FN3OS2/c1-2-9-21-16(12-5-7-13(18)8-6-12)19-20-17(21)24-11-14(22)15-4-3-10-23-15/h2-8,10H,1,9,11H2. The van der Waals surface area contributed by atoms with Crippen LogP contribution in [0.5, 0.6) is 0 Å². The molecular formula is C17H14FN3OS2. The minimum atomic E-state index is -0.301. The molecule has 0 atom stereocenters. The van der Waals surface area contributed by atoms with Crippen LogP contribution in [0.25, 0.3) is 11.4 Å². The third-order valence-electron chi connectivity index (χ3n) is 3.26. The first kappa shape index (κ1) is 16.6. The first-order chi connectivity index (χ1) is 11.7. The van der Waals surface area contributed by atoms with E-state index in [0.29, 0.717) is 23.3 Å². The zero-order chi connectivity index (χ0) is 16.9. The van der Waals surface area contributed by atoms with E-state index in [1.54, 1.807) is 18.2 Å². The molecule has 3 aromatic rings. The second-order valence-electron chi connectivity index (χ2n) is 4.90. The number of carbonyl (C=O) groups is 1. The van der Waals surface area contributed by atoms with E-state index in [-0.39, 0.29) is 11.6 Å². The fourth-order valence-corrected chi connectivity index (χ4v) is 3.73. The molecule has 7 heteroatoms. The fourth-order valence-electron chi connectivity index (χ4n) is 2.14. The van der Waals surface area contributed by atoms with Gasteiger partial charge < -0.3 is 0 Å². The van der Waals surface area contributed by atoms with Crippen molar-refractivity contribution in [2.24, 2.45) is 0 Å². The maximum absolute atomic E-state index is 13.1. The first-order valence-electron chi connectivity index (χ1n) is 7.18. The number of rotatable bonds is 7. The molecule has 2 aromatic heterocycles. The van der Waals surface area contributed by atoms with Gasteiger partial charge >= 0.3 is 0 Å². The van der Waals surface area contributed by atoms with Crippen LogP contribution in [0.1, 0.15) is 9.67 Å². The molecule has 0 fully saturated rings. The molecule has 0 saturated heterocycles. The van der Waals surface area contributed by atoms with Crippen LogP contribution in [0.15, 0.2) is 59.6 Å². The molecule has 1 aromatic carbocycles. The number of thiophene rings is 1. The average Bonchev–Trinajstić information content (AvgIpc) is 3.24. The summed E-state index contributed by atoms with van der Waals surface area (Å²) in [6.45, 7) is 4.26. The van der Waals surface area contributed by atoms with Crippen molar-refractivity contribution >= 4 is 28.9 Å². The Morgan fingerprint density at radius 3 is 2.75 bits per heavy atom.